The average Bonchev–Trinajstić information content (AvgIpc) is 2.64. The van der Waals surface area contributed by atoms with Crippen LogP contribution in [0.5, 0.6) is 0 Å². The molecule has 1 aromatic heterocycles. The fourth-order valence-corrected chi connectivity index (χ4v) is 3.56. The molecular weight excluding hydrogens is 362 g/mol. The van der Waals surface area contributed by atoms with Gasteiger partial charge in [-0.2, -0.15) is 0 Å². The Hall–Kier alpha value is -1.86. The summed E-state index contributed by atoms with van der Waals surface area (Å²) in [5.41, 5.74) is 0.620. The molecule has 0 saturated heterocycles. The van der Waals surface area contributed by atoms with Gasteiger partial charge in [-0.05, 0) is 37.8 Å². The fraction of sp³-hybridized carbons (Fsp3) is 0.550. The summed E-state index contributed by atoms with van der Waals surface area (Å²) in [5.74, 6) is 0.414. The van der Waals surface area contributed by atoms with Gasteiger partial charge in [0.05, 0.1) is 16.2 Å². The van der Waals surface area contributed by atoms with Crippen molar-refractivity contribution in [2.45, 2.75) is 50.6 Å². The Balaban J connectivity index is 2.23. The number of benzene rings is 1. The van der Waals surface area contributed by atoms with Gasteiger partial charge in [-0.25, -0.2) is 4.98 Å². The number of carbonyl (C=O) groups excluding carboxylic acids is 1. The summed E-state index contributed by atoms with van der Waals surface area (Å²) in [6, 6.07) is 7.36. The second kappa shape index (κ2) is 10.5. The highest BCUT2D eigenvalue weighted by Gasteiger charge is 2.19. The second-order valence-electron chi connectivity index (χ2n) is 6.95. The molecule has 0 radical (unpaired) electrons. The van der Waals surface area contributed by atoms with E-state index in [9.17, 15) is 9.59 Å². The van der Waals surface area contributed by atoms with E-state index in [4.69, 9.17) is 4.74 Å². The van der Waals surface area contributed by atoms with Gasteiger partial charge < -0.3 is 10.1 Å². The summed E-state index contributed by atoms with van der Waals surface area (Å²) < 4.78 is 6.70. The highest BCUT2D eigenvalue weighted by Crippen LogP contribution is 2.23. The van der Waals surface area contributed by atoms with E-state index in [1.807, 2.05) is 25.1 Å². The Morgan fingerprint density at radius 2 is 2.04 bits per heavy atom. The third-order valence-electron chi connectivity index (χ3n) is 4.23. The van der Waals surface area contributed by atoms with Crippen molar-refractivity contribution in [2.24, 2.45) is 5.92 Å². The Morgan fingerprint density at radius 3 is 2.74 bits per heavy atom. The molecule has 0 spiro atoms. The highest BCUT2D eigenvalue weighted by molar-refractivity contribution is 8.00. The number of aromatic nitrogens is 2. The van der Waals surface area contributed by atoms with E-state index < -0.39 is 0 Å². The van der Waals surface area contributed by atoms with Crippen LogP contribution in [0.15, 0.2) is 34.2 Å². The highest BCUT2D eigenvalue weighted by atomic mass is 32.2. The zero-order valence-electron chi connectivity index (χ0n) is 16.5. The number of nitrogens with one attached hydrogen (secondary N) is 1. The third-order valence-corrected chi connectivity index (χ3v) is 5.32. The van der Waals surface area contributed by atoms with Gasteiger partial charge in [0.25, 0.3) is 5.56 Å². The molecule has 1 heterocycles. The zero-order chi connectivity index (χ0) is 19.8. The predicted molar refractivity (Wildman–Crippen MR) is 110 cm³/mol. The van der Waals surface area contributed by atoms with E-state index in [2.05, 4.69) is 24.1 Å². The van der Waals surface area contributed by atoms with Gasteiger partial charge in [0.1, 0.15) is 0 Å². The molecule has 0 aliphatic rings. The van der Waals surface area contributed by atoms with Crippen LogP contribution >= 0.6 is 11.8 Å². The molecule has 1 amide bonds. The third kappa shape index (κ3) is 6.07. The van der Waals surface area contributed by atoms with Crippen LogP contribution in [0.1, 0.15) is 33.6 Å². The summed E-state index contributed by atoms with van der Waals surface area (Å²) in [6.07, 6.45) is 1.65. The Morgan fingerprint density at radius 1 is 1.30 bits per heavy atom. The van der Waals surface area contributed by atoms with Crippen molar-refractivity contribution in [3.05, 3.63) is 34.6 Å². The maximum absolute atomic E-state index is 13.0. The number of hydrogen-bond acceptors (Lipinski definition) is 5. The summed E-state index contributed by atoms with van der Waals surface area (Å²) >= 11 is 1.33. The molecule has 1 atom stereocenters. The van der Waals surface area contributed by atoms with Crippen LogP contribution in [0.2, 0.25) is 0 Å². The number of thioether (sulfide) groups is 1. The number of methoxy groups -OCH3 is 1. The molecule has 0 aliphatic heterocycles. The second-order valence-corrected chi connectivity index (χ2v) is 8.26. The van der Waals surface area contributed by atoms with Crippen LogP contribution in [0, 0.1) is 5.92 Å². The molecule has 27 heavy (non-hydrogen) atoms. The molecule has 2 rings (SSSR count). The molecule has 2 aromatic rings. The van der Waals surface area contributed by atoms with Gasteiger partial charge in [-0.3, -0.25) is 14.2 Å². The molecule has 0 fully saturated rings. The maximum atomic E-state index is 13.0. The van der Waals surface area contributed by atoms with E-state index in [0.717, 1.165) is 12.8 Å². The molecule has 6 nitrogen and oxygen atoms in total. The predicted octanol–water partition coefficient (Wildman–Crippen LogP) is 3.08. The van der Waals surface area contributed by atoms with Gasteiger partial charge in [-0.15, -0.1) is 0 Å². The number of ether oxygens (including phenoxy) is 1. The van der Waals surface area contributed by atoms with Gasteiger partial charge in [0, 0.05) is 26.8 Å². The molecule has 0 bridgehead atoms. The number of nitrogens with zero attached hydrogens (tertiary/aromatic N) is 2. The molecule has 148 valence electrons. The molecule has 1 aromatic carbocycles. The van der Waals surface area contributed by atoms with E-state index in [1.165, 1.54) is 11.8 Å². The standard InChI is InChI=1S/C20H29N3O3S/c1-14(2)10-12-23-19(25)16-8-5-6-9-17(16)22-20(23)27-15(3)18(24)21-11-7-13-26-4/h5-6,8-9,14-15H,7,10-13H2,1-4H3,(H,21,24). The van der Waals surface area contributed by atoms with E-state index in [-0.39, 0.29) is 16.7 Å². The Kier molecular flexibility index (Phi) is 8.31. The summed E-state index contributed by atoms with van der Waals surface area (Å²) in [7, 11) is 1.64. The summed E-state index contributed by atoms with van der Waals surface area (Å²) in [4.78, 5) is 30.0. The first-order valence-electron chi connectivity index (χ1n) is 9.37. The first-order chi connectivity index (χ1) is 12.9. The topological polar surface area (TPSA) is 73.2 Å². The number of hydrogen-bond donors (Lipinski definition) is 1. The minimum atomic E-state index is -0.342. The molecule has 1 unspecified atom stereocenters. The first kappa shape index (κ1) is 21.4. The molecule has 0 aliphatic carbocycles. The Bertz CT molecular complexity index is 820. The van der Waals surface area contributed by atoms with Gasteiger partial charge in [0.2, 0.25) is 5.91 Å². The lowest BCUT2D eigenvalue weighted by molar-refractivity contribution is -0.120. The van der Waals surface area contributed by atoms with Crippen molar-refractivity contribution in [2.75, 3.05) is 20.3 Å². The van der Waals surface area contributed by atoms with E-state index in [0.29, 0.717) is 41.7 Å². The van der Waals surface area contributed by atoms with Crippen molar-refractivity contribution in [3.63, 3.8) is 0 Å². The monoisotopic (exact) mass is 391 g/mol. The average molecular weight is 392 g/mol. The smallest absolute Gasteiger partial charge is 0.262 e. The minimum absolute atomic E-state index is 0.0450. The van der Waals surface area contributed by atoms with Crippen molar-refractivity contribution in [3.8, 4) is 0 Å². The quantitative estimate of drug-likeness (QED) is 0.383. The summed E-state index contributed by atoms with van der Waals surface area (Å²) in [5, 5.41) is 3.77. The lowest BCUT2D eigenvalue weighted by atomic mass is 10.1. The van der Waals surface area contributed by atoms with Crippen molar-refractivity contribution < 1.29 is 9.53 Å². The van der Waals surface area contributed by atoms with Crippen molar-refractivity contribution >= 4 is 28.6 Å². The van der Waals surface area contributed by atoms with Gasteiger partial charge in [-0.1, -0.05) is 37.7 Å². The number of carbonyl (C=O) groups is 1. The Labute approximate surface area is 164 Å². The van der Waals surface area contributed by atoms with Crippen LogP contribution in [0.25, 0.3) is 10.9 Å². The maximum Gasteiger partial charge on any atom is 0.262 e. The minimum Gasteiger partial charge on any atom is -0.385 e. The van der Waals surface area contributed by atoms with Crippen molar-refractivity contribution in [1.82, 2.24) is 14.9 Å². The summed E-state index contributed by atoms with van der Waals surface area (Å²) in [6.45, 7) is 7.87. The lowest BCUT2D eigenvalue weighted by Crippen LogP contribution is -2.33. The van der Waals surface area contributed by atoms with Crippen LogP contribution in [-0.4, -0.2) is 41.0 Å². The van der Waals surface area contributed by atoms with Gasteiger partial charge >= 0.3 is 0 Å². The normalized spacial score (nSPS) is 12.5. The van der Waals surface area contributed by atoms with Crippen LogP contribution in [-0.2, 0) is 16.1 Å². The number of fused-ring (bicyclic) bond motifs is 1. The zero-order valence-corrected chi connectivity index (χ0v) is 17.3. The van der Waals surface area contributed by atoms with E-state index >= 15 is 0 Å². The fourth-order valence-electron chi connectivity index (χ4n) is 2.61. The van der Waals surface area contributed by atoms with E-state index in [1.54, 1.807) is 17.7 Å². The van der Waals surface area contributed by atoms with Gasteiger partial charge in [0.15, 0.2) is 5.16 Å². The molecule has 1 N–H and O–H groups in total. The molecule has 0 saturated carbocycles. The van der Waals surface area contributed by atoms with Crippen LogP contribution < -0.4 is 10.9 Å². The number of para-hydroxylation sites is 1. The van der Waals surface area contributed by atoms with Crippen molar-refractivity contribution in [1.29, 1.82) is 0 Å². The van der Waals surface area contributed by atoms with Crippen LogP contribution in [0.3, 0.4) is 0 Å². The van der Waals surface area contributed by atoms with Crippen LogP contribution in [0.4, 0.5) is 0 Å². The SMILES string of the molecule is COCCCNC(=O)C(C)Sc1nc2ccccc2c(=O)n1CCC(C)C. The largest absolute Gasteiger partial charge is 0.385 e. The lowest BCUT2D eigenvalue weighted by Gasteiger charge is -2.17. The molecular formula is C20H29N3O3S. The molecule has 7 heteroatoms. The number of amides is 1. The number of rotatable bonds is 10. The first-order valence-corrected chi connectivity index (χ1v) is 10.2.